The molecule has 6 nitrogen and oxygen atoms in total. The Labute approximate surface area is 159 Å². The van der Waals surface area contributed by atoms with E-state index in [4.69, 9.17) is 0 Å². The summed E-state index contributed by atoms with van der Waals surface area (Å²) in [5, 5.41) is 3.64. The normalized spacial score (nSPS) is 26.9. The molecule has 1 atom stereocenters. The number of aromatic nitrogens is 2. The molecule has 2 fully saturated rings. The predicted molar refractivity (Wildman–Crippen MR) is 101 cm³/mol. The van der Waals surface area contributed by atoms with E-state index in [1.807, 2.05) is 0 Å². The summed E-state index contributed by atoms with van der Waals surface area (Å²) in [6, 6.07) is 6.73. The van der Waals surface area contributed by atoms with Gasteiger partial charge in [0.1, 0.15) is 11.6 Å². The summed E-state index contributed by atoms with van der Waals surface area (Å²) in [4.78, 5) is 7.53. The number of rotatable bonds is 5. The van der Waals surface area contributed by atoms with E-state index >= 15 is 0 Å². The van der Waals surface area contributed by atoms with Crippen LogP contribution in [-0.4, -0.2) is 47.1 Å². The van der Waals surface area contributed by atoms with E-state index in [9.17, 15) is 12.8 Å². The van der Waals surface area contributed by atoms with Crippen molar-refractivity contribution in [3.63, 3.8) is 0 Å². The van der Waals surface area contributed by atoms with Crippen molar-refractivity contribution in [2.24, 2.45) is 0 Å². The van der Waals surface area contributed by atoms with Crippen molar-refractivity contribution in [1.29, 1.82) is 0 Å². The van der Waals surface area contributed by atoms with Gasteiger partial charge in [0, 0.05) is 31.0 Å². The lowest BCUT2D eigenvalue weighted by Crippen LogP contribution is -2.44. The zero-order chi connectivity index (χ0) is 18.9. The molecule has 1 saturated carbocycles. The Morgan fingerprint density at radius 1 is 1.19 bits per heavy atom. The van der Waals surface area contributed by atoms with Gasteiger partial charge in [0.25, 0.3) is 0 Å². The number of nitrogens with one attached hydrogen (secondary N) is 2. The second-order valence-electron chi connectivity index (χ2n) is 7.41. The SMILES string of the molecule is O=S1(=O)CCCN1C1CCC(NC(c2ccc(F)cc2)c2ncc[nH]2)CC1. The molecule has 1 aromatic heterocycles. The average molecular weight is 393 g/mol. The molecule has 1 aromatic carbocycles. The molecule has 2 aliphatic rings. The van der Waals surface area contributed by atoms with Crippen LogP contribution < -0.4 is 5.32 Å². The van der Waals surface area contributed by atoms with Gasteiger partial charge >= 0.3 is 0 Å². The smallest absolute Gasteiger partial charge is 0.214 e. The Balaban J connectivity index is 1.43. The molecule has 0 amide bonds. The average Bonchev–Trinajstić information content (AvgIpc) is 3.30. The molecule has 4 rings (SSSR count). The lowest BCUT2D eigenvalue weighted by atomic mass is 9.90. The van der Waals surface area contributed by atoms with Crippen LogP contribution in [0.5, 0.6) is 0 Å². The van der Waals surface area contributed by atoms with E-state index in [1.165, 1.54) is 12.1 Å². The van der Waals surface area contributed by atoms with Crippen molar-refractivity contribution in [1.82, 2.24) is 19.6 Å². The van der Waals surface area contributed by atoms with Crippen LogP contribution in [0.3, 0.4) is 0 Å². The summed E-state index contributed by atoms with van der Waals surface area (Å²) >= 11 is 0. The molecule has 1 aliphatic carbocycles. The van der Waals surface area contributed by atoms with Gasteiger partial charge in [0.05, 0.1) is 11.8 Å². The Bertz CT molecular complexity index is 846. The predicted octanol–water partition coefficient (Wildman–Crippen LogP) is 2.57. The largest absolute Gasteiger partial charge is 0.347 e. The molecule has 1 aliphatic heterocycles. The van der Waals surface area contributed by atoms with Gasteiger partial charge in [-0.25, -0.2) is 17.8 Å². The minimum absolute atomic E-state index is 0.128. The van der Waals surface area contributed by atoms with Crippen LogP contribution >= 0.6 is 0 Å². The standard InChI is InChI=1S/C19H25FN4O2S/c20-15-4-2-14(3-5-15)18(19-21-10-11-22-19)23-16-6-8-17(9-7-16)24-12-1-13-27(24,25)26/h2-5,10-11,16-18,23H,1,6-9,12-13H2,(H,21,22). The quantitative estimate of drug-likeness (QED) is 0.820. The van der Waals surface area contributed by atoms with Crippen molar-refractivity contribution in [3.05, 3.63) is 53.9 Å². The molecular weight excluding hydrogens is 367 g/mol. The highest BCUT2D eigenvalue weighted by molar-refractivity contribution is 7.89. The van der Waals surface area contributed by atoms with Crippen LogP contribution in [0.2, 0.25) is 0 Å². The Morgan fingerprint density at radius 2 is 1.93 bits per heavy atom. The first-order valence-electron chi connectivity index (χ1n) is 9.53. The van der Waals surface area contributed by atoms with Gasteiger partial charge in [0.2, 0.25) is 10.0 Å². The third-order valence-corrected chi connectivity index (χ3v) is 7.64. The summed E-state index contributed by atoms with van der Waals surface area (Å²) in [5.41, 5.74) is 0.954. The van der Waals surface area contributed by atoms with Crippen molar-refractivity contribution in [2.45, 2.75) is 50.2 Å². The molecule has 0 radical (unpaired) electrons. The molecule has 0 bridgehead atoms. The van der Waals surface area contributed by atoms with E-state index in [0.717, 1.165) is 43.5 Å². The molecule has 146 valence electrons. The molecule has 1 saturated heterocycles. The first-order chi connectivity index (χ1) is 13.0. The maximum absolute atomic E-state index is 13.3. The van der Waals surface area contributed by atoms with Crippen LogP contribution in [0.1, 0.15) is 49.5 Å². The first kappa shape index (κ1) is 18.6. The maximum Gasteiger partial charge on any atom is 0.214 e. The number of aromatic amines is 1. The maximum atomic E-state index is 13.3. The van der Waals surface area contributed by atoms with Crippen LogP contribution in [0, 0.1) is 5.82 Å². The summed E-state index contributed by atoms with van der Waals surface area (Å²) in [5.74, 6) is 0.825. The fourth-order valence-electron chi connectivity index (χ4n) is 4.26. The van der Waals surface area contributed by atoms with Gasteiger partial charge in [-0.3, -0.25) is 0 Å². The zero-order valence-corrected chi connectivity index (χ0v) is 16.0. The van der Waals surface area contributed by atoms with Crippen LogP contribution in [0.4, 0.5) is 4.39 Å². The highest BCUT2D eigenvalue weighted by Gasteiger charge is 2.36. The lowest BCUT2D eigenvalue weighted by molar-refractivity contribution is 0.230. The van der Waals surface area contributed by atoms with Crippen molar-refractivity contribution >= 4 is 10.0 Å². The van der Waals surface area contributed by atoms with E-state index in [0.29, 0.717) is 6.54 Å². The number of imidazole rings is 1. The fourth-order valence-corrected chi connectivity index (χ4v) is 6.06. The van der Waals surface area contributed by atoms with Crippen LogP contribution in [0.25, 0.3) is 0 Å². The lowest BCUT2D eigenvalue weighted by Gasteiger charge is -2.35. The molecule has 8 heteroatoms. The van der Waals surface area contributed by atoms with Gasteiger partial charge in [-0.05, 0) is 49.8 Å². The molecule has 2 aromatic rings. The van der Waals surface area contributed by atoms with Crippen molar-refractivity contribution < 1.29 is 12.8 Å². The molecule has 1 unspecified atom stereocenters. The number of sulfonamides is 1. The summed E-state index contributed by atoms with van der Waals surface area (Å²) in [6.07, 6.45) is 7.79. The number of hydrogen-bond acceptors (Lipinski definition) is 4. The molecular formula is C19H25FN4O2S. The first-order valence-corrected chi connectivity index (χ1v) is 11.1. The van der Waals surface area contributed by atoms with Crippen LogP contribution in [0.15, 0.2) is 36.7 Å². The second kappa shape index (κ2) is 7.69. The van der Waals surface area contributed by atoms with E-state index in [1.54, 1.807) is 28.8 Å². The van der Waals surface area contributed by atoms with Crippen LogP contribution in [-0.2, 0) is 10.0 Å². The minimum atomic E-state index is -3.05. The van der Waals surface area contributed by atoms with E-state index in [2.05, 4.69) is 15.3 Å². The van der Waals surface area contributed by atoms with Gasteiger partial charge in [-0.1, -0.05) is 12.1 Å². The zero-order valence-electron chi connectivity index (χ0n) is 15.1. The fraction of sp³-hybridized carbons (Fsp3) is 0.526. The molecule has 2 heterocycles. The highest BCUT2D eigenvalue weighted by atomic mass is 32.2. The highest BCUT2D eigenvalue weighted by Crippen LogP contribution is 2.30. The number of hydrogen-bond donors (Lipinski definition) is 2. The summed E-state index contributed by atoms with van der Waals surface area (Å²) in [6.45, 7) is 0.662. The Hall–Kier alpha value is -1.77. The van der Waals surface area contributed by atoms with Gasteiger partial charge in [-0.15, -0.1) is 0 Å². The number of nitrogens with zero attached hydrogens (tertiary/aromatic N) is 2. The summed E-state index contributed by atoms with van der Waals surface area (Å²) < 4.78 is 39.3. The Kier molecular flexibility index (Phi) is 5.29. The van der Waals surface area contributed by atoms with E-state index < -0.39 is 10.0 Å². The molecule has 27 heavy (non-hydrogen) atoms. The molecule has 2 N–H and O–H groups in total. The number of H-pyrrole nitrogens is 1. The van der Waals surface area contributed by atoms with Crippen molar-refractivity contribution in [2.75, 3.05) is 12.3 Å². The third kappa shape index (κ3) is 4.07. The second-order valence-corrected chi connectivity index (χ2v) is 9.45. The number of benzene rings is 1. The topological polar surface area (TPSA) is 78.1 Å². The third-order valence-electron chi connectivity index (χ3n) is 5.64. The van der Waals surface area contributed by atoms with Gasteiger partial charge in [0.15, 0.2) is 0 Å². The van der Waals surface area contributed by atoms with E-state index in [-0.39, 0.29) is 29.7 Å². The molecule has 0 spiro atoms. The van der Waals surface area contributed by atoms with Gasteiger partial charge in [-0.2, -0.15) is 4.31 Å². The van der Waals surface area contributed by atoms with Gasteiger partial charge < -0.3 is 10.3 Å². The summed E-state index contributed by atoms with van der Waals surface area (Å²) in [7, 11) is -3.05. The number of halogens is 1. The monoisotopic (exact) mass is 392 g/mol. The Morgan fingerprint density at radius 3 is 2.52 bits per heavy atom. The van der Waals surface area contributed by atoms with Crippen molar-refractivity contribution in [3.8, 4) is 0 Å². The minimum Gasteiger partial charge on any atom is -0.347 e.